The van der Waals surface area contributed by atoms with Gasteiger partial charge in [0.2, 0.25) is 0 Å². The van der Waals surface area contributed by atoms with E-state index in [1.54, 1.807) is 0 Å². The Hall–Kier alpha value is 1.91. The number of rotatable bonds is 4. The van der Waals surface area contributed by atoms with Crippen molar-refractivity contribution in [2.24, 2.45) is 0 Å². The molecule has 0 aromatic carbocycles. The maximum atomic E-state index is 11.3. The van der Waals surface area contributed by atoms with Gasteiger partial charge in [-0.1, -0.05) is 6.10 Å². The second-order valence-electron chi connectivity index (χ2n) is 3.33. The quantitative estimate of drug-likeness (QED) is 0.292. The Morgan fingerprint density at radius 2 is 1.83 bits per heavy atom. The molecule has 0 saturated carbocycles. The summed E-state index contributed by atoms with van der Waals surface area (Å²) in [4.78, 5) is 16.7. The van der Waals surface area contributed by atoms with Crippen molar-refractivity contribution in [1.82, 2.24) is 0 Å². The number of aliphatic hydroxyl groups excluding tert-OH is 1. The predicted molar refractivity (Wildman–Crippen MR) is 42.5 cm³/mol. The van der Waals surface area contributed by atoms with E-state index in [0.29, 0.717) is 0 Å². The van der Waals surface area contributed by atoms with Crippen molar-refractivity contribution >= 4 is 7.82 Å². The van der Waals surface area contributed by atoms with Gasteiger partial charge in [0.25, 0.3) is 0 Å². The molecule has 0 amide bonds. The van der Waals surface area contributed by atoms with Gasteiger partial charge < -0.3 is 34.9 Å². The number of phosphoric acid groups is 1. The molecule has 0 aromatic heterocycles. The molecule has 0 aliphatic carbocycles. The van der Waals surface area contributed by atoms with Gasteiger partial charge in [-0.3, -0.25) is 4.52 Å². The van der Waals surface area contributed by atoms with Crippen LogP contribution in [0, 0.1) is 0 Å². The van der Waals surface area contributed by atoms with E-state index in [1.807, 2.05) is 0 Å². The third kappa shape index (κ3) is 5.72. The summed E-state index contributed by atoms with van der Waals surface area (Å²) in [7, 11) is -4.88. The summed E-state index contributed by atoms with van der Waals surface area (Å²) in [6, 6.07) is 0. The Morgan fingerprint density at radius 1 is 1.33 bits per heavy atom. The number of aliphatic hydroxyl groups is 2. The van der Waals surface area contributed by atoms with Gasteiger partial charge in [0.1, 0.15) is 6.61 Å². The first-order chi connectivity index (χ1) is 7.19. The molecule has 1 aliphatic heterocycles. The summed E-state index contributed by atoms with van der Waals surface area (Å²) < 4.78 is 18.8. The average molecular weight is 304 g/mol. The fraction of sp³-hybridized carbons (Fsp3) is 1.00. The van der Waals surface area contributed by atoms with E-state index >= 15 is 0 Å². The molecule has 1 rings (SSSR count). The standard InChI is InChI=1S/C6H11O9P.2Na/c7-1-3-4(8)5(9)6(10,15-3)2-14-16(11,12)13;;/h3-5,7,10H,1-2H2,(H2,11,12,13);;/q-2;2*+1/t3-,4-,5+,6-;;/m1../s1. The molecule has 0 aromatic rings. The average Bonchev–Trinajstić information content (AvgIpc) is 2.40. The fourth-order valence-corrected chi connectivity index (χ4v) is 1.63. The Labute approximate surface area is 147 Å². The fourth-order valence-electron chi connectivity index (χ4n) is 1.28. The molecule has 96 valence electrons. The van der Waals surface area contributed by atoms with Crippen LogP contribution in [0.4, 0.5) is 0 Å². The first kappa shape index (κ1) is 22.2. The van der Waals surface area contributed by atoms with Crippen molar-refractivity contribution in [1.29, 1.82) is 0 Å². The summed E-state index contributed by atoms with van der Waals surface area (Å²) in [6.45, 7) is -1.91. The molecular weight excluding hydrogens is 293 g/mol. The van der Waals surface area contributed by atoms with Crippen LogP contribution in [-0.4, -0.2) is 57.3 Å². The van der Waals surface area contributed by atoms with Gasteiger partial charge >= 0.3 is 66.9 Å². The third-order valence-electron chi connectivity index (χ3n) is 2.08. The van der Waals surface area contributed by atoms with Gasteiger partial charge in [0.15, 0.2) is 5.79 Å². The molecule has 9 nitrogen and oxygen atoms in total. The van der Waals surface area contributed by atoms with Gasteiger partial charge in [-0.25, -0.2) is 4.57 Å². The zero-order valence-corrected chi connectivity index (χ0v) is 14.8. The minimum atomic E-state index is -4.88. The van der Waals surface area contributed by atoms with Crippen LogP contribution in [0.3, 0.4) is 0 Å². The Bertz CT molecular complexity index is 299. The van der Waals surface area contributed by atoms with Crippen molar-refractivity contribution in [2.45, 2.75) is 24.1 Å². The maximum absolute atomic E-state index is 11.3. The van der Waals surface area contributed by atoms with Crippen molar-refractivity contribution < 1.29 is 103 Å². The summed E-state index contributed by atoms with van der Waals surface area (Å²) >= 11 is 0. The van der Waals surface area contributed by atoms with E-state index in [2.05, 4.69) is 9.26 Å². The van der Waals surface area contributed by atoms with Gasteiger partial charge in [0, 0.05) is 0 Å². The summed E-state index contributed by atoms with van der Waals surface area (Å²) in [5.41, 5.74) is 0. The Kier molecular flexibility index (Phi) is 10.3. The van der Waals surface area contributed by atoms with Crippen LogP contribution in [-0.2, 0) is 13.8 Å². The van der Waals surface area contributed by atoms with Crippen LogP contribution in [0.2, 0.25) is 0 Å². The number of hydrogen-bond donors (Lipinski definition) is 4. The second-order valence-corrected chi connectivity index (χ2v) is 4.57. The first-order valence-electron chi connectivity index (χ1n) is 4.22. The van der Waals surface area contributed by atoms with E-state index < -0.39 is 45.1 Å². The molecule has 4 atom stereocenters. The van der Waals surface area contributed by atoms with Crippen LogP contribution in [0.25, 0.3) is 0 Å². The van der Waals surface area contributed by atoms with Crippen LogP contribution >= 0.6 is 7.82 Å². The van der Waals surface area contributed by atoms with E-state index in [-0.39, 0.29) is 59.1 Å². The van der Waals surface area contributed by atoms with Gasteiger partial charge in [-0.2, -0.15) is 0 Å². The summed E-state index contributed by atoms with van der Waals surface area (Å²) in [5, 5.41) is 40.5. The van der Waals surface area contributed by atoms with Crippen LogP contribution in [0.1, 0.15) is 0 Å². The van der Waals surface area contributed by atoms with E-state index in [4.69, 9.17) is 14.9 Å². The smallest absolute Gasteiger partial charge is 0.851 e. The first-order valence-corrected chi connectivity index (χ1v) is 5.75. The minimum Gasteiger partial charge on any atom is -0.851 e. The summed E-state index contributed by atoms with van der Waals surface area (Å²) in [5.74, 6) is -2.64. The maximum Gasteiger partial charge on any atom is 1.00 e. The van der Waals surface area contributed by atoms with Crippen molar-refractivity contribution in [2.75, 3.05) is 13.2 Å². The normalized spacial score (nSPS) is 35.8. The van der Waals surface area contributed by atoms with Crippen LogP contribution < -0.4 is 69.3 Å². The number of ether oxygens (including phenoxy) is 1. The molecule has 12 heteroatoms. The molecule has 1 fully saturated rings. The molecular formula is C6H11Na2O9P. The number of hydrogen-bond acceptors (Lipinski definition) is 7. The molecule has 18 heavy (non-hydrogen) atoms. The molecule has 1 heterocycles. The zero-order valence-electron chi connectivity index (χ0n) is 9.92. The topological polar surface area (TPSA) is 163 Å². The molecule has 1 saturated heterocycles. The van der Waals surface area contributed by atoms with E-state index in [9.17, 15) is 19.9 Å². The van der Waals surface area contributed by atoms with Gasteiger partial charge in [-0.05, 0) is 0 Å². The molecule has 1 aliphatic rings. The molecule has 0 unspecified atom stereocenters. The predicted octanol–water partition coefficient (Wildman–Crippen LogP) is -10.4. The van der Waals surface area contributed by atoms with Gasteiger partial charge in [-0.15, -0.1) is 6.10 Å². The molecule has 4 N–H and O–H groups in total. The molecule has 0 radical (unpaired) electrons. The van der Waals surface area contributed by atoms with Crippen LogP contribution in [0.5, 0.6) is 0 Å². The zero-order chi connectivity index (χ0) is 12.6. The van der Waals surface area contributed by atoms with Crippen molar-refractivity contribution in [3.8, 4) is 0 Å². The molecule has 0 spiro atoms. The third-order valence-corrected chi connectivity index (χ3v) is 2.55. The SMILES string of the molecule is O=P(O)(O)OC[C@@]1(O)O[C@H](CO)[C@@H]([O-])[C@@H]1[O-].[Na+].[Na+]. The Balaban J connectivity index is 0. The largest absolute Gasteiger partial charge is 1.00 e. The van der Waals surface area contributed by atoms with Crippen LogP contribution in [0.15, 0.2) is 0 Å². The summed E-state index contributed by atoms with van der Waals surface area (Å²) in [6.07, 6.45) is -5.56. The van der Waals surface area contributed by atoms with E-state index in [0.717, 1.165) is 0 Å². The number of phosphoric ester groups is 1. The Morgan fingerprint density at radius 3 is 2.17 bits per heavy atom. The monoisotopic (exact) mass is 304 g/mol. The van der Waals surface area contributed by atoms with E-state index in [1.165, 1.54) is 0 Å². The van der Waals surface area contributed by atoms with Gasteiger partial charge in [0.05, 0.1) is 12.7 Å². The molecule has 0 bridgehead atoms. The minimum absolute atomic E-state index is 0. The second kappa shape index (κ2) is 8.38. The van der Waals surface area contributed by atoms with Crippen molar-refractivity contribution in [3.05, 3.63) is 0 Å². The van der Waals surface area contributed by atoms with Crippen molar-refractivity contribution in [3.63, 3.8) is 0 Å².